The van der Waals surface area contributed by atoms with Crippen LogP contribution >= 0.6 is 0 Å². The number of carbonyl (C=O) groups is 1. The lowest BCUT2D eigenvalue weighted by molar-refractivity contribution is 0.0501. The Morgan fingerprint density at radius 1 is 0.791 bits per heavy atom. The van der Waals surface area contributed by atoms with Crippen LogP contribution in [0.15, 0.2) is 48.5 Å². The third-order valence-electron chi connectivity index (χ3n) is 8.73. The fraction of sp³-hybridized carbons (Fsp3) is 0.441. The number of ketones is 1. The van der Waals surface area contributed by atoms with E-state index in [0.29, 0.717) is 40.4 Å². The zero-order chi connectivity index (χ0) is 30.5. The van der Waals surface area contributed by atoms with Gasteiger partial charge in [-0.2, -0.15) is 0 Å². The molecule has 1 saturated carbocycles. The summed E-state index contributed by atoms with van der Waals surface area (Å²) in [6.07, 6.45) is 4.77. The minimum Gasteiger partial charge on any atom is -0.504 e. The van der Waals surface area contributed by atoms with Gasteiger partial charge in [0.25, 0.3) is 0 Å². The predicted octanol–water partition coefficient (Wildman–Crippen LogP) is 5.93. The molecule has 9 heteroatoms. The molecular weight excluding hydrogens is 552 g/mol. The number of fused-ring (bicyclic) bond motifs is 1. The largest absolute Gasteiger partial charge is 0.504 e. The summed E-state index contributed by atoms with van der Waals surface area (Å²) < 4.78 is 26.8. The fourth-order valence-electron chi connectivity index (χ4n) is 6.29. The van der Waals surface area contributed by atoms with Crippen molar-refractivity contribution >= 4 is 5.78 Å². The van der Waals surface area contributed by atoms with Gasteiger partial charge in [-0.05, 0) is 66.3 Å². The van der Waals surface area contributed by atoms with Gasteiger partial charge in [0.05, 0.1) is 47.3 Å². The molecule has 230 valence electrons. The molecule has 3 aromatic rings. The molecule has 3 N–H and O–H groups in total. The first-order valence-electron chi connectivity index (χ1n) is 14.7. The van der Waals surface area contributed by atoms with Crippen LogP contribution < -0.4 is 14.2 Å². The van der Waals surface area contributed by atoms with Crippen LogP contribution in [0.2, 0.25) is 0 Å². The molecule has 2 aliphatic heterocycles. The van der Waals surface area contributed by atoms with Crippen LogP contribution in [0, 0.1) is 11.8 Å². The van der Waals surface area contributed by atoms with Crippen molar-refractivity contribution < 1.29 is 43.8 Å². The van der Waals surface area contributed by atoms with Gasteiger partial charge in [-0.3, -0.25) is 4.79 Å². The summed E-state index contributed by atoms with van der Waals surface area (Å²) >= 11 is 0. The minimum absolute atomic E-state index is 0.00772. The van der Waals surface area contributed by atoms with Crippen LogP contribution in [-0.4, -0.2) is 62.3 Å². The van der Waals surface area contributed by atoms with E-state index in [9.17, 15) is 20.1 Å². The van der Waals surface area contributed by atoms with Gasteiger partial charge in [0.2, 0.25) is 0 Å². The van der Waals surface area contributed by atoms with Crippen molar-refractivity contribution in [3.63, 3.8) is 0 Å². The Morgan fingerprint density at radius 2 is 1.44 bits per heavy atom. The van der Waals surface area contributed by atoms with Crippen LogP contribution in [0.4, 0.5) is 0 Å². The van der Waals surface area contributed by atoms with Crippen LogP contribution in [0.1, 0.15) is 64.8 Å². The topological polar surface area (TPSA) is 124 Å². The van der Waals surface area contributed by atoms with Crippen molar-refractivity contribution in [3.05, 3.63) is 70.8 Å². The number of phenolic OH excluding ortho intramolecular Hbond substituents is 3. The maximum absolute atomic E-state index is 12.7. The highest BCUT2D eigenvalue weighted by Crippen LogP contribution is 2.44. The van der Waals surface area contributed by atoms with Crippen molar-refractivity contribution in [2.75, 3.05) is 41.2 Å². The average Bonchev–Trinajstić information content (AvgIpc) is 3.79. The van der Waals surface area contributed by atoms with E-state index in [0.717, 1.165) is 43.8 Å². The third-order valence-corrected chi connectivity index (χ3v) is 8.73. The Balaban J connectivity index is 0.000000186. The van der Waals surface area contributed by atoms with Gasteiger partial charge in [-0.1, -0.05) is 25.0 Å². The molecule has 3 aliphatic rings. The lowest BCUT2D eigenvalue weighted by atomic mass is 9.90. The highest BCUT2D eigenvalue weighted by atomic mass is 16.5. The fourth-order valence-corrected chi connectivity index (χ4v) is 6.29. The van der Waals surface area contributed by atoms with E-state index < -0.39 is 0 Å². The van der Waals surface area contributed by atoms with E-state index in [2.05, 4.69) is 0 Å². The number of benzene rings is 3. The lowest BCUT2D eigenvalue weighted by Crippen LogP contribution is -2.12. The van der Waals surface area contributed by atoms with Crippen LogP contribution in [0.25, 0.3) is 0 Å². The number of aromatic hydroxyl groups is 3. The maximum atomic E-state index is 12.7. The summed E-state index contributed by atoms with van der Waals surface area (Å²) in [5.74, 6) is 2.53. The monoisotopic (exact) mass is 592 g/mol. The number of rotatable bonds is 8. The number of carbonyl (C=O) groups excluding carboxylic acids is 1. The molecule has 0 spiro atoms. The minimum atomic E-state index is -0.163. The van der Waals surface area contributed by atoms with Crippen LogP contribution in [0.5, 0.6) is 34.5 Å². The summed E-state index contributed by atoms with van der Waals surface area (Å²) in [6, 6.07) is 13.7. The Bertz CT molecular complexity index is 1430. The molecule has 3 unspecified atom stereocenters. The van der Waals surface area contributed by atoms with E-state index in [-0.39, 0.29) is 41.3 Å². The smallest absolute Gasteiger partial charge is 0.167 e. The Labute approximate surface area is 251 Å². The molecular formula is C34H40O9. The van der Waals surface area contributed by atoms with E-state index in [4.69, 9.17) is 23.7 Å². The highest BCUT2D eigenvalue weighted by Gasteiger charge is 2.42. The second kappa shape index (κ2) is 13.6. The molecule has 0 bridgehead atoms. The number of hydrogen-bond acceptors (Lipinski definition) is 9. The number of Topliss-reactive ketones (excluding diaryl/α,β-unsaturated/α-hetero) is 1. The lowest BCUT2D eigenvalue weighted by Gasteiger charge is -2.17. The quantitative estimate of drug-likeness (QED) is 0.273. The van der Waals surface area contributed by atoms with Gasteiger partial charge in [-0.25, -0.2) is 0 Å². The number of methoxy groups -OCH3 is 3. The molecule has 1 aliphatic carbocycles. The molecule has 6 rings (SSSR count). The molecule has 3 aromatic carbocycles. The normalized spacial score (nSPS) is 21.1. The Morgan fingerprint density at radius 3 is 2.14 bits per heavy atom. The van der Waals surface area contributed by atoms with E-state index >= 15 is 0 Å². The molecule has 2 saturated heterocycles. The van der Waals surface area contributed by atoms with Crippen molar-refractivity contribution in [1.82, 2.24) is 0 Å². The molecule has 43 heavy (non-hydrogen) atoms. The van der Waals surface area contributed by atoms with Gasteiger partial charge in [0, 0.05) is 29.4 Å². The van der Waals surface area contributed by atoms with E-state index in [1.165, 1.54) is 39.2 Å². The maximum Gasteiger partial charge on any atom is 0.167 e. The van der Waals surface area contributed by atoms with Gasteiger partial charge >= 0.3 is 0 Å². The van der Waals surface area contributed by atoms with Crippen molar-refractivity contribution in [2.45, 2.75) is 44.1 Å². The van der Waals surface area contributed by atoms with Crippen molar-refractivity contribution in [3.8, 4) is 34.5 Å². The summed E-state index contributed by atoms with van der Waals surface area (Å²) in [7, 11) is 4.50. The SMILES string of the molecule is COc1cc(C(=O)Cc2cc(C3CCCC3)cc(OC)c2O)ccc1O.COc1cc(C2OCC3COCC32)ccc1O. The van der Waals surface area contributed by atoms with Crippen LogP contribution in [-0.2, 0) is 15.9 Å². The van der Waals surface area contributed by atoms with E-state index in [1.807, 2.05) is 24.3 Å². The molecule has 0 radical (unpaired) electrons. The second-order valence-corrected chi connectivity index (χ2v) is 11.3. The van der Waals surface area contributed by atoms with Gasteiger partial charge in [-0.15, -0.1) is 0 Å². The third kappa shape index (κ3) is 6.68. The summed E-state index contributed by atoms with van der Waals surface area (Å²) in [4.78, 5) is 12.7. The number of phenols is 3. The molecule has 0 amide bonds. The predicted molar refractivity (Wildman–Crippen MR) is 160 cm³/mol. The first-order valence-corrected chi connectivity index (χ1v) is 14.7. The zero-order valence-corrected chi connectivity index (χ0v) is 24.9. The Kier molecular flexibility index (Phi) is 9.62. The average molecular weight is 593 g/mol. The molecule has 2 heterocycles. The molecule has 0 aromatic heterocycles. The van der Waals surface area contributed by atoms with E-state index in [1.54, 1.807) is 19.2 Å². The van der Waals surface area contributed by atoms with Crippen molar-refractivity contribution in [2.24, 2.45) is 11.8 Å². The zero-order valence-electron chi connectivity index (χ0n) is 24.9. The highest BCUT2D eigenvalue weighted by molar-refractivity contribution is 5.98. The first kappa shape index (κ1) is 30.5. The molecule has 9 nitrogen and oxygen atoms in total. The van der Waals surface area contributed by atoms with Gasteiger partial charge in [0.1, 0.15) is 0 Å². The summed E-state index contributed by atoms with van der Waals surface area (Å²) in [5.41, 5.74) is 3.15. The van der Waals surface area contributed by atoms with Crippen LogP contribution in [0.3, 0.4) is 0 Å². The summed E-state index contributed by atoms with van der Waals surface area (Å²) in [5, 5.41) is 29.7. The number of ether oxygens (including phenoxy) is 5. The number of hydrogen-bond donors (Lipinski definition) is 3. The molecule has 3 fully saturated rings. The second-order valence-electron chi connectivity index (χ2n) is 11.3. The van der Waals surface area contributed by atoms with Gasteiger partial charge in [0.15, 0.2) is 40.3 Å². The summed E-state index contributed by atoms with van der Waals surface area (Å²) in [6.45, 7) is 2.33. The van der Waals surface area contributed by atoms with Crippen molar-refractivity contribution in [1.29, 1.82) is 0 Å². The standard InChI is InChI=1S/C21H24O5.C13H16O4/c1-25-19-11-14(7-8-17(19)22)18(23)10-16-9-15(13-5-3-4-6-13)12-20(26-2)21(16)24;1-15-12-4-8(2-3-11(12)14)13-10-7-16-5-9(10)6-17-13/h7-9,11-13,22,24H,3-6,10H2,1-2H3;2-4,9-10,13-14H,5-7H2,1H3. The Hall–Kier alpha value is -3.95. The first-order chi connectivity index (χ1) is 20.8. The van der Waals surface area contributed by atoms with Gasteiger partial charge < -0.3 is 39.0 Å². The molecule has 3 atom stereocenters.